The van der Waals surface area contributed by atoms with Gasteiger partial charge in [0.15, 0.2) is 0 Å². The molecule has 0 spiro atoms. The maximum absolute atomic E-state index is 12.5. The summed E-state index contributed by atoms with van der Waals surface area (Å²) < 4.78 is 5.27. The van der Waals surface area contributed by atoms with Gasteiger partial charge in [0.1, 0.15) is 17.8 Å². The van der Waals surface area contributed by atoms with Crippen LogP contribution in [0.4, 0.5) is 0 Å². The Morgan fingerprint density at radius 2 is 2.00 bits per heavy atom. The first-order chi connectivity index (χ1) is 13.1. The Labute approximate surface area is 157 Å². The smallest absolute Gasteiger partial charge is 0.272 e. The summed E-state index contributed by atoms with van der Waals surface area (Å²) >= 11 is 0. The van der Waals surface area contributed by atoms with E-state index in [1.165, 1.54) is 6.33 Å². The Hall–Kier alpha value is -3.09. The molecule has 7 heteroatoms. The van der Waals surface area contributed by atoms with Crippen molar-refractivity contribution in [2.75, 3.05) is 13.1 Å². The topological polar surface area (TPSA) is 85.0 Å². The molecule has 1 fully saturated rings. The van der Waals surface area contributed by atoms with E-state index < -0.39 is 0 Å². The Balaban J connectivity index is 1.47. The minimum Gasteiger partial charge on any atom is -0.361 e. The number of pyridine rings is 1. The highest BCUT2D eigenvalue weighted by atomic mass is 16.5. The molecule has 0 atom stereocenters. The van der Waals surface area contributed by atoms with Gasteiger partial charge in [0.05, 0.1) is 17.0 Å². The zero-order valence-electron chi connectivity index (χ0n) is 15.4. The summed E-state index contributed by atoms with van der Waals surface area (Å²) in [6.07, 6.45) is 4.77. The molecule has 3 aromatic rings. The van der Waals surface area contributed by atoms with Crippen LogP contribution in [-0.2, 0) is 0 Å². The lowest BCUT2D eigenvalue weighted by Crippen LogP contribution is -2.38. The average molecular weight is 363 g/mol. The van der Waals surface area contributed by atoms with Gasteiger partial charge in [0.2, 0.25) is 0 Å². The summed E-state index contributed by atoms with van der Waals surface area (Å²) in [6, 6.07) is 7.74. The van der Waals surface area contributed by atoms with Crippen LogP contribution in [-0.4, -0.2) is 44.0 Å². The Morgan fingerprint density at radius 3 is 2.67 bits per heavy atom. The number of aryl methyl sites for hydroxylation is 2. The summed E-state index contributed by atoms with van der Waals surface area (Å²) in [6.45, 7) is 5.23. The number of hydrogen-bond acceptors (Lipinski definition) is 6. The molecule has 27 heavy (non-hydrogen) atoms. The van der Waals surface area contributed by atoms with Crippen LogP contribution >= 0.6 is 0 Å². The number of carbonyl (C=O) groups excluding carboxylic acids is 1. The predicted molar refractivity (Wildman–Crippen MR) is 99.1 cm³/mol. The van der Waals surface area contributed by atoms with Gasteiger partial charge in [-0.1, -0.05) is 11.2 Å². The van der Waals surface area contributed by atoms with E-state index in [2.05, 4.69) is 21.2 Å². The highest BCUT2D eigenvalue weighted by Gasteiger charge is 2.26. The number of rotatable bonds is 3. The summed E-state index contributed by atoms with van der Waals surface area (Å²) in [5, 5.41) is 4.02. The Bertz CT molecular complexity index is 927. The fourth-order valence-electron chi connectivity index (χ4n) is 3.62. The third kappa shape index (κ3) is 3.45. The lowest BCUT2D eigenvalue weighted by atomic mass is 9.92. The second-order valence-electron chi connectivity index (χ2n) is 6.81. The molecule has 0 aliphatic carbocycles. The van der Waals surface area contributed by atoms with Crippen LogP contribution in [0.3, 0.4) is 0 Å². The number of aromatic nitrogens is 4. The average Bonchev–Trinajstić information content (AvgIpc) is 3.06. The highest BCUT2D eigenvalue weighted by Crippen LogP contribution is 2.30. The molecule has 1 saturated heterocycles. The van der Waals surface area contributed by atoms with Gasteiger partial charge in [-0.2, -0.15) is 0 Å². The normalized spacial score (nSPS) is 15.1. The van der Waals surface area contributed by atoms with E-state index in [1.807, 2.05) is 30.9 Å². The van der Waals surface area contributed by atoms with Crippen LogP contribution in [0.15, 0.2) is 41.3 Å². The third-order valence-electron chi connectivity index (χ3n) is 5.06. The fraction of sp³-hybridized carbons (Fsp3) is 0.350. The highest BCUT2D eigenvalue weighted by molar-refractivity contribution is 5.92. The van der Waals surface area contributed by atoms with Gasteiger partial charge < -0.3 is 9.42 Å². The third-order valence-corrected chi connectivity index (χ3v) is 5.06. The van der Waals surface area contributed by atoms with Crippen LogP contribution in [0.1, 0.15) is 46.4 Å². The zero-order chi connectivity index (χ0) is 18.8. The summed E-state index contributed by atoms with van der Waals surface area (Å²) in [5.74, 6) is 1.08. The van der Waals surface area contributed by atoms with Crippen LogP contribution in [0.5, 0.6) is 0 Å². The van der Waals surface area contributed by atoms with E-state index in [1.54, 1.807) is 12.3 Å². The minimum absolute atomic E-state index is 0.0340. The van der Waals surface area contributed by atoms with Crippen LogP contribution in [0.25, 0.3) is 11.3 Å². The van der Waals surface area contributed by atoms with Gasteiger partial charge >= 0.3 is 0 Å². The van der Waals surface area contributed by atoms with E-state index >= 15 is 0 Å². The number of carbonyl (C=O) groups is 1. The number of amides is 1. The van der Waals surface area contributed by atoms with Crippen LogP contribution < -0.4 is 0 Å². The molecule has 1 aliphatic rings. The molecule has 7 nitrogen and oxygen atoms in total. The number of nitrogens with zero attached hydrogens (tertiary/aromatic N) is 5. The van der Waals surface area contributed by atoms with E-state index in [4.69, 9.17) is 9.51 Å². The summed E-state index contributed by atoms with van der Waals surface area (Å²) in [4.78, 5) is 27.2. The van der Waals surface area contributed by atoms with E-state index in [0.717, 1.165) is 41.2 Å². The lowest BCUT2D eigenvalue weighted by molar-refractivity contribution is 0.0706. The zero-order valence-corrected chi connectivity index (χ0v) is 15.4. The van der Waals surface area contributed by atoms with Crippen molar-refractivity contribution >= 4 is 5.91 Å². The van der Waals surface area contributed by atoms with E-state index in [9.17, 15) is 4.79 Å². The first-order valence-corrected chi connectivity index (χ1v) is 9.09. The van der Waals surface area contributed by atoms with Gasteiger partial charge in [-0.15, -0.1) is 0 Å². The van der Waals surface area contributed by atoms with Gasteiger partial charge in [-0.05, 0) is 44.9 Å². The molecular weight excluding hydrogens is 342 g/mol. The monoisotopic (exact) mass is 363 g/mol. The molecule has 138 valence electrons. The van der Waals surface area contributed by atoms with Gasteiger partial charge in [-0.25, -0.2) is 9.97 Å². The maximum Gasteiger partial charge on any atom is 0.272 e. The molecule has 1 amide bonds. The molecule has 1 aliphatic heterocycles. The second-order valence-corrected chi connectivity index (χ2v) is 6.81. The van der Waals surface area contributed by atoms with Crippen molar-refractivity contribution in [3.05, 3.63) is 59.6 Å². The van der Waals surface area contributed by atoms with Crippen molar-refractivity contribution in [3.63, 3.8) is 0 Å². The first-order valence-electron chi connectivity index (χ1n) is 9.09. The van der Waals surface area contributed by atoms with Gasteiger partial charge in [0, 0.05) is 30.9 Å². The summed E-state index contributed by atoms with van der Waals surface area (Å²) in [7, 11) is 0. The molecule has 0 bridgehead atoms. The SMILES string of the molecule is Cc1noc(C)c1-c1cccc(C2CCN(C(=O)c3ccncn3)CC2)n1. The largest absolute Gasteiger partial charge is 0.361 e. The van der Waals surface area contributed by atoms with Gasteiger partial charge in [0.25, 0.3) is 5.91 Å². The molecular formula is C20H21N5O2. The number of piperidine rings is 1. The van der Waals surface area contributed by atoms with E-state index in [0.29, 0.717) is 24.7 Å². The predicted octanol–water partition coefficient (Wildman–Crippen LogP) is 3.16. The quantitative estimate of drug-likeness (QED) is 0.710. The fourth-order valence-corrected chi connectivity index (χ4v) is 3.62. The molecule has 0 radical (unpaired) electrons. The molecule has 0 aromatic carbocycles. The van der Waals surface area contributed by atoms with Crippen molar-refractivity contribution in [2.24, 2.45) is 0 Å². The Kier molecular flexibility index (Phi) is 4.66. The number of hydrogen-bond donors (Lipinski definition) is 0. The minimum atomic E-state index is -0.0340. The molecule has 4 rings (SSSR count). The molecule has 0 unspecified atom stereocenters. The second kappa shape index (κ2) is 7.26. The van der Waals surface area contributed by atoms with Crippen molar-refractivity contribution in [1.29, 1.82) is 0 Å². The van der Waals surface area contributed by atoms with Gasteiger partial charge in [-0.3, -0.25) is 9.78 Å². The van der Waals surface area contributed by atoms with Crippen LogP contribution in [0, 0.1) is 13.8 Å². The number of likely N-dealkylation sites (tertiary alicyclic amines) is 1. The molecule has 4 heterocycles. The van der Waals surface area contributed by atoms with Crippen molar-refractivity contribution in [3.8, 4) is 11.3 Å². The molecule has 3 aromatic heterocycles. The first kappa shape index (κ1) is 17.3. The van der Waals surface area contributed by atoms with Crippen LogP contribution in [0.2, 0.25) is 0 Å². The Morgan fingerprint density at radius 1 is 1.19 bits per heavy atom. The lowest BCUT2D eigenvalue weighted by Gasteiger charge is -2.31. The maximum atomic E-state index is 12.5. The van der Waals surface area contributed by atoms with E-state index in [-0.39, 0.29) is 5.91 Å². The van der Waals surface area contributed by atoms with Crippen molar-refractivity contribution in [2.45, 2.75) is 32.6 Å². The molecule has 0 saturated carbocycles. The standard InChI is InChI=1S/C20H21N5O2/c1-13-19(14(2)27-24-13)17-5-3-4-16(23-17)15-7-10-25(11-8-15)20(26)18-6-9-21-12-22-18/h3-6,9,12,15H,7-8,10-11H2,1-2H3. The summed E-state index contributed by atoms with van der Waals surface area (Å²) in [5.41, 5.74) is 4.21. The van der Waals surface area contributed by atoms with Crippen molar-refractivity contribution < 1.29 is 9.32 Å². The molecule has 0 N–H and O–H groups in total. The van der Waals surface area contributed by atoms with Crippen molar-refractivity contribution in [1.82, 2.24) is 25.0 Å².